The summed E-state index contributed by atoms with van der Waals surface area (Å²) in [7, 11) is 0. The first kappa shape index (κ1) is 17.2. The molecule has 130 valence electrons. The third-order valence-corrected chi connectivity index (χ3v) is 4.39. The molecule has 25 heavy (non-hydrogen) atoms. The number of aryl methyl sites for hydroxylation is 1. The van der Waals surface area contributed by atoms with Crippen LogP contribution in [0.15, 0.2) is 35.7 Å². The van der Waals surface area contributed by atoms with Crippen LogP contribution in [-0.4, -0.2) is 29.7 Å². The first-order chi connectivity index (χ1) is 12.0. The Bertz CT molecular complexity index is 844. The van der Waals surface area contributed by atoms with Crippen molar-refractivity contribution in [3.05, 3.63) is 42.0 Å². The molecule has 3 aromatic rings. The van der Waals surface area contributed by atoms with Gasteiger partial charge in [0.2, 0.25) is 11.9 Å². The van der Waals surface area contributed by atoms with Crippen LogP contribution in [0.3, 0.4) is 0 Å². The number of benzene rings is 1. The SMILES string of the molecule is Cc1ccc(Nc2nc(N)nc(CSc3nncn3C(C)C)n2)cc1. The number of nitrogen functional groups attached to an aromatic ring is 1. The van der Waals surface area contributed by atoms with Crippen molar-refractivity contribution in [2.75, 3.05) is 11.1 Å². The van der Waals surface area contributed by atoms with Gasteiger partial charge in [0.25, 0.3) is 0 Å². The number of rotatable bonds is 6. The molecule has 0 amide bonds. The molecule has 0 radical (unpaired) electrons. The first-order valence-corrected chi connectivity index (χ1v) is 8.86. The van der Waals surface area contributed by atoms with Gasteiger partial charge in [0.05, 0.1) is 5.75 Å². The van der Waals surface area contributed by atoms with Gasteiger partial charge >= 0.3 is 0 Å². The normalized spacial score (nSPS) is 11.0. The van der Waals surface area contributed by atoms with Crippen molar-refractivity contribution in [1.82, 2.24) is 29.7 Å². The van der Waals surface area contributed by atoms with Crippen LogP contribution < -0.4 is 11.1 Å². The molecule has 0 saturated carbocycles. The van der Waals surface area contributed by atoms with E-state index in [1.165, 1.54) is 17.3 Å². The van der Waals surface area contributed by atoms with E-state index in [1.807, 2.05) is 35.8 Å². The molecule has 0 aliphatic rings. The summed E-state index contributed by atoms with van der Waals surface area (Å²) < 4.78 is 2.00. The zero-order chi connectivity index (χ0) is 17.8. The lowest BCUT2D eigenvalue weighted by Crippen LogP contribution is -2.07. The summed E-state index contributed by atoms with van der Waals surface area (Å²) in [5.74, 6) is 1.73. The monoisotopic (exact) mass is 356 g/mol. The summed E-state index contributed by atoms with van der Waals surface area (Å²) in [6, 6.07) is 8.26. The smallest absolute Gasteiger partial charge is 0.232 e. The highest BCUT2D eigenvalue weighted by atomic mass is 32.2. The molecule has 0 bridgehead atoms. The highest BCUT2D eigenvalue weighted by Crippen LogP contribution is 2.22. The molecule has 9 heteroatoms. The van der Waals surface area contributed by atoms with Crippen LogP contribution >= 0.6 is 11.8 Å². The predicted octanol–water partition coefficient (Wildman–Crippen LogP) is 2.97. The highest BCUT2D eigenvalue weighted by Gasteiger charge is 2.11. The van der Waals surface area contributed by atoms with Crippen LogP contribution in [0.1, 0.15) is 31.3 Å². The molecule has 0 fully saturated rings. The zero-order valence-corrected chi connectivity index (χ0v) is 15.2. The van der Waals surface area contributed by atoms with E-state index in [1.54, 1.807) is 6.33 Å². The number of anilines is 3. The number of nitrogens with two attached hydrogens (primary N) is 1. The fraction of sp³-hybridized carbons (Fsp3) is 0.312. The van der Waals surface area contributed by atoms with E-state index in [9.17, 15) is 0 Å². The van der Waals surface area contributed by atoms with Gasteiger partial charge in [-0.05, 0) is 32.9 Å². The highest BCUT2D eigenvalue weighted by molar-refractivity contribution is 7.98. The summed E-state index contributed by atoms with van der Waals surface area (Å²) in [6.45, 7) is 6.20. The van der Waals surface area contributed by atoms with Gasteiger partial charge in [-0.25, -0.2) is 0 Å². The zero-order valence-electron chi connectivity index (χ0n) is 14.3. The van der Waals surface area contributed by atoms with Crippen LogP contribution in [-0.2, 0) is 5.75 Å². The van der Waals surface area contributed by atoms with E-state index < -0.39 is 0 Å². The number of aromatic nitrogens is 6. The molecule has 0 aliphatic heterocycles. The van der Waals surface area contributed by atoms with Gasteiger partial charge in [0, 0.05) is 11.7 Å². The van der Waals surface area contributed by atoms with Crippen LogP contribution in [0.4, 0.5) is 17.6 Å². The minimum Gasteiger partial charge on any atom is -0.368 e. The van der Waals surface area contributed by atoms with Crippen molar-refractivity contribution < 1.29 is 0 Å². The van der Waals surface area contributed by atoms with Crippen molar-refractivity contribution in [2.45, 2.75) is 37.7 Å². The molecule has 0 saturated heterocycles. The molecule has 3 rings (SSSR count). The summed E-state index contributed by atoms with van der Waals surface area (Å²) >= 11 is 1.51. The van der Waals surface area contributed by atoms with Crippen molar-refractivity contribution >= 4 is 29.3 Å². The van der Waals surface area contributed by atoms with Gasteiger partial charge in [-0.15, -0.1) is 10.2 Å². The Morgan fingerprint density at radius 3 is 2.64 bits per heavy atom. The molecular formula is C16H20N8S. The second-order valence-corrected chi connectivity index (χ2v) is 6.77. The molecule has 2 heterocycles. The molecule has 2 aromatic heterocycles. The van der Waals surface area contributed by atoms with E-state index in [0.29, 0.717) is 23.6 Å². The van der Waals surface area contributed by atoms with Gasteiger partial charge in [-0.2, -0.15) is 15.0 Å². The largest absolute Gasteiger partial charge is 0.368 e. The lowest BCUT2D eigenvalue weighted by Gasteiger charge is -2.10. The van der Waals surface area contributed by atoms with Gasteiger partial charge in [-0.1, -0.05) is 29.5 Å². The van der Waals surface area contributed by atoms with Crippen molar-refractivity contribution in [3.8, 4) is 0 Å². The quantitative estimate of drug-likeness (QED) is 0.649. The summed E-state index contributed by atoms with van der Waals surface area (Å²) in [5.41, 5.74) is 7.90. The molecule has 0 atom stereocenters. The molecule has 3 N–H and O–H groups in total. The van der Waals surface area contributed by atoms with Crippen molar-refractivity contribution in [3.63, 3.8) is 0 Å². The molecular weight excluding hydrogens is 336 g/mol. The molecule has 0 unspecified atom stereocenters. The molecule has 0 spiro atoms. The van der Waals surface area contributed by atoms with Gasteiger partial charge < -0.3 is 15.6 Å². The van der Waals surface area contributed by atoms with Gasteiger partial charge in [0.1, 0.15) is 12.2 Å². The average molecular weight is 356 g/mol. The van der Waals surface area contributed by atoms with E-state index in [2.05, 4.69) is 44.3 Å². The van der Waals surface area contributed by atoms with E-state index in [4.69, 9.17) is 5.73 Å². The van der Waals surface area contributed by atoms with E-state index >= 15 is 0 Å². The van der Waals surface area contributed by atoms with Crippen molar-refractivity contribution in [2.24, 2.45) is 0 Å². The Kier molecular flexibility index (Phi) is 5.13. The molecule has 1 aromatic carbocycles. The third kappa shape index (κ3) is 4.44. The van der Waals surface area contributed by atoms with Gasteiger partial charge in [0.15, 0.2) is 5.16 Å². The average Bonchev–Trinajstić information content (AvgIpc) is 3.03. The molecule has 8 nitrogen and oxygen atoms in total. The second kappa shape index (κ2) is 7.47. The lowest BCUT2D eigenvalue weighted by atomic mass is 10.2. The lowest BCUT2D eigenvalue weighted by molar-refractivity contribution is 0.549. The standard InChI is InChI=1S/C16H20N8S/c1-10(2)24-9-18-23-16(24)25-8-13-20-14(17)22-15(21-13)19-12-6-4-11(3)5-7-12/h4-7,9-10H,8H2,1-3H3,(H3,17,19,20,21,22). The van der Waals surface area contributed by atoms with Crippen LogP contribution in [0.5, 0.6) is 0 Å². The number of thioether (sulfide) groups is 1. The Morgan fingerprint density at radius 2 is 1.92 bits per heavy atom. The maximum Gasteiger partial charge on any atom is 0.232 e. The Labute approximate surface area is 150 Å². The fourth-order valence-corrected chi connectivity index (χ4v) is 3.04. The predicted molar refractivity (Wildman–Crippen MR) is 98.7 cm³/mol. The van der Waals surface area contributed by atoms with E-state index in [-0.39, 0.29) is 5.95 Å². The fourth-order valence-electron chi connectivity index (χ4n) is 2.14. The topological polar surface area (TPSA) is 107 Å². The van der Waals surface area contributed by atoms with Gasteiger partial charge in [-0.3, -0.25) is 0 Å². The maximum atomic E-state index is 5.82. The summed E-state index contributed by atoms with van der Waals surface area (Å²) in [6.07, 6.45) is 1.72. The van der Waals surface area contributed by atoms with Crippen LogP contribution in [0.2, 0.25) is 0 Å². The van der Waals surface area contributed by atoms with E-state index in [0.717, 1.165) is 10.8 Å². The second-order valence-electron chi connectivity index (χ2n) is 5.83. The number of hydrogen-bond acceptors (Lipinski definition) is 8. The molecule has 0 aliphatic carbocycles. The Balaban J connectivity index is 1.73. The number of hydrogen-bond donors (Lipinski definition) is 2. The minimum absolute atomic E-state index is 0.186. The van der Waals surface area contributed by atoms with Crippen molar-refractivity contribution in [1.29, 1.82) is 0 Å². The number of nitrogens with one attached hydrogen (secondary N) is 1. The Morgan fingerprint density at radius 1 is 1.16 bits per heavy atom. The summed E-state index contributed by atoms with van der Waals surface area (Å²) in [5, 5.41) is 12.1. The Hall–Kier alpha value is -2.68. The summed E-state index contributed by atoms with van der Waals surface area (Å²) in [4.78, 5) is 12.8. The van der Waals surface area contributed by atoms with Crippen LogP contribution in [0, 0.1) is 6.92 Å². The number of nitrogens with zero attached hydrogens (tertiary/aromatic N) is 6. The van der Waals surface area contributed by atoms with Crippen LogP contribution in [0.25, 0.3) is 0 Å². The minimum atomic E-state index is 0.186. The maximum absolute atomic E-state index is 5.82. The first-order valence-electron chi connectivity index (χ1n) is 7.87. The third-order valence-electron chi connectivity index (χ3n) is 3.43.